The maximum Gasteiger partial charge on any atom is 0.248 e. The summed E-state index contributed by atoms with van der Waals surface area (Å²) < 4.78 is 0. The van der Waals surface area contributed by atoms with Crippen molar-refractivity contribution in [3.8, 4) is 0 Å². The molecule has 2 aromatic rings. The Morgan fingerprint density at radius 1 is 1.05 bits per heavy atom. The lowest BCUT2D eigenvalue weighted by Crippen LogP contribution is -2.62. The molecule has 3 heteroatoms. The number of amides is 1. The van der Waals surface area contributed by atoms with E-state index >= 15 is 0 Å². The minimum absolute atomic E-state index is 0.0296. The van der Waals surface area contributed by atoms with Gasteiger partial charge in [0.2, 0.25) is 5.91 Å². The summed E-state index contributed by atoms with van der Waals surface area (Å²) in [5, 5.41) is -0.486. The van der Waals surface area contributed by atoms with E-state index in [1.54, 1.807) is 4.90 Å². The molecular formula is C19H18ClNO. The second kappa shape index (κ2) is 5.98. The number of carbonyl (C=O) groups excluding carboxylic acids is 1. The van der Waals surface area contributed by atoms with E-state index in [1.165, 1.54) is 5.56 Å². The Kier molecular flexibility index (Phi) is 4.04. The first-order valence-corrected chi connectivity index (χ1v) is 7.80. The Morgan fingerprint density at radius 3 is 2.50 bits per heavy atom. The third kappa shape index (κ3) is 2.55. The van der Waals surface area contributed by atoms with E-state index in [-0.39, 0.29) is 11.9 Å². The largest absolute Gasteiger partial charge is 0.302 e. The van der Waals surface area contributed by atoms with Gasteiger partial charge in [-0.25, -0.2) is 0 Å². The standard InChI is InChI=1S/C19H18ClNO/c1-13-7-6-10-16(14(13)2)21-17(18(20)19(21)22)12-11-15-8-4-3-5-9-15/h3-12,17-18H,1-2H3/b12-11+. The molecule has 1 heterocycles. The highest BCUT2D eigenvalue weighted by Crippen LogP contribution is 2.35. The summed E-state index contributed by atoms with van der Waals surface area (Å²) in [5.41, 5.74) is 4.35. The highest BCUT2D eigenvalue weighted by Gasteiger charge is 2.45. The van der Waals surface area contributed by atoms with Crippen LogP contribution in [0.2, 0.25) is 0 Å². The average Bonchev–Trinajstić information content (AvgIpc) is 2.55. The van der Waals surface area contributed by atoms with E-state index < -0.39 is 5.38 Å². The molecule has 2 aromatic carbocycles. The van der Waals surface area contributed by atoms with E-state index in [9.17, 15) is 4.79 Å². The monoisotopic (exact) mass is 311 g/mol. The molecule has 0 saturated carbocycles. The van der Waals surface area contributed by atoms with Gasteiger partial charge in [-0.2, -0.15) is 0 Å². The van der Waals surface area contributed by atoms with Crippen LogP contribution in [0.25, 0.3) is 6.08 Å². The summed E-state index contributed by atoms with van der Waals surface area (Å²) in [6.07, 6.45) is 4.03. The van der Waals surface area contributed by atoms with Crippen molar-refractivity contribution >= 4 is 29.3 Å². The number of hydrogen-bond donors (Lipinski definition) is 0. The molecule has 0 aromatic heterocycles. The minimum Gasteiger partial charge on any atom is -0.302 e. The molecule has 0 bridgehead atoms. The van der Waals surface area contributed by atoms with Crippen molar-refractivity contribution in [2.24, 2.45) is 0 Å². The smallest absolute Gasteiger partial charge is 0.248 e. The zero-order chi connectivity index (χ0) is 15.7. The molecule has 1 saturated heterocycles. The Bertz CT molecular complexity index is 723. The van der Waals surface area contributed by atoms with Crippen LogP contribution in [0.15, 0.2) is 54.6 Å². The fourth-order valence-electron chi connectivity index (χ4n) is 2.71. The summed E-state index contributed by atoms with van der Waals surface area (Å²) in [6, 6.07) is 15.9. The molecule has 1 aliphatic rings. The maximum atomic E-state index is 12.2. The Hall–Kier alpha value is -2.06. The predicted molar refractivity (Wildman–Crippen MR) is 92.3 cm³/mol. The van der Waals surface area contributed by atoms with Crippen LogP contribution in [0.4, 0.5) is 5.69 Å². The summed E-state index contributed by atoms with van der Waals surface area (Å²) in [7, 11) is 0. The summed E-state index contributed by atoms with van der Waals surface area (Å²) >= 11 is 6.23. The van der Waals surface area contributed by atoms with Crippen LogP contribution in [0, 0.1) is 13.8 Å². The topological polar surface area (TPSA) is 20.3 Å². The van der Waals surface area contributed by atoms with Gasteiger partial charge in [0.25, 0.3) is 0 Å². The van der Waals surface area contributed by atoms with E-state index in [0.29, 0.717) is 0 Å². The molecule has 0 spiro atoms. The molecule has 22 heavy (non-hydrogen) atoms. The van der Waals surface area contributed by atoms with E-state index in [2.05, 4.69) is 13.0 Å². The number of carbonyl (C=O) groups is 1. The van der Waals surface area contributed by atoms with Crippen LogP contribution >= 0.6 is 11.6 Å². The summed E-state index contributed by atoms with van der Waals surface area (Å²) in [5.74, 6) is -0.0296. The minimum atomic E-state index is -0.486. The van der Waals surface area contributed by atoms with Gasteiger partial charge in [0, 0.05) is 5.69 Å². The lowest BCUT2D eigenvalue weighted by molar-refractivity contribution is -0.122. The van der Waals surface area contributed by atoms with Crippen molar-refractivity contribution in [3.05, 3.63) is 71.3 Å². The van der Waals surface area contributed by atoms with Gasteiger partial charge in [0.1, 0.15) is 5.38 Å². The van der Waals surface area contributed by atoms with Crippen LogP contribution in [0.3, 0.4) is 0 Å². The molecule has 0 aliphatic carbocycles. The number of nitrogens with zero attached hydrogens (tertiary/aromatic N) is 1. The Labute approximate surface area is 136 Å². The van der Waals surface area contributed by atoms with Crippen LogP contribution in [0.1, 0.15) is 16.7 Å². The quantitative estimate of drug-likeness (QED) is 0.610. The lowest BCUT2D eigenvalue weighted by atomic mass is 9.96. The van der Waals surface area contributed by atoms with Gasteiger partial charge in [-0.15, -0.1) is 11.6 Å². The van der Waals surface area contributed by atoms with Gasteiger partial charge in [-0.05, 0) is 36.6 Å². The van der Waals surface area contributed by atoms with Gasteiger partial charge in [0.05, 0.1) is 6.04 Å². The van der Waals surface area contributed by atoms with Crippen LogP contribution in [0.5, 0.6) is 0 Å². The fourth-order valence-corrected chi connectivity index (χ4v) is 3.01. The van der Waals surface area contributed by atoms with Crippen molar-refractivity contribution in [1.82, 2.24) is 0 Å². The molecule has 2 nitrogen and oxygen atoms in total. The lowest BCUT2D eigenvalue weighted by Gasteiger charge is -2.43. The van der Waals surface area contributed by atoms with Gasteiger partial charge in [-0.3, -0.25) is 4.79 Å². The second-order valence-electron chi connectivity index (χ2n) is 5.59. The zero-order valence-corrected chi connectivity index (χ0v) is 13.4. The van der Waals surface area contributed by atoms with Gasteiger partial charge < -0.3 is 4.90 Å². The molecule has 2 atom stereocenters. The van der Waals surface area contributed by atoms with Gasteiger partial charge in [-0.1, -0.05) is 54.6 Å². The Morgan fingerprint density at radius 2 is 1.77 bits per heavy atom. The van der Waals surface area contributed by atoms with Gasteiger partial charge >= 0.3 is 0 Å². The number of rotatable bonds is 3. The summed E-state index contributed by atoms with van der Waals surface area (Å²) in [6.45, 7) is 4.09. The molecule has 2 unspecified atom stereocenters. The van der Waals surface area contributed by atoms with Crippen LogP contribution < -0.4 is 4.90 Å². The SMILES string of the molecule is Cc1cccc(N2C(=O)C(Cl)C2/C=C/c2ccccc2)c1C. The fraction of sp³-hybridized carbons (Fsp3) is 0.211. The molecule has 0 radical (unpaired) electrons. The highest BCUT2D eigenvalue weighted by atomic mass is 35.5. The number of alkyl halides is 1. The zero-order valence-electron chi connectivity index (χ0n) is 12.7. The average molecular weight is 312 g/mol. The number of β-lactam (4-membered cyclic amide) rings is 1. The molecule has 3 rings (SSSR count). The molecule has 1 aliphatic heterocycles. The third-order valence-corrected chi connectivity index (χ3v) is 4.64. The van der Waals surface area contributed by atoms with Crippen molar-refractivity contribution in [1.29, 1.82) is 0 Å². The van der Waals surface area contributed by atoms with E-state index in [4.69, 9.17) is 11.6 Å². The molecular weight excluding hydrogens is 294 g/mol. The van der Waals surface area contributed by atoms with Crippen molar-refractivity contribution in [2.75, 3.05) is 4.90 Å². The van der Waals surface area contributed by atoms with Crippen molar-refractivity contribution in [3.63, 3.8) is 0 Å². The predicted octanol–water partition coefficient (Wildman–Crippen LogP) is 4.34. The van der Waals surface area contributed by atoms with Crippen molar-refractivity contribution < 1.29 is 4.79 Å². The first-order valence-electron chi connectivity index (χ1n) is 7.36. The first-order chi connectivity index (χ1) is 10.6. The maximum absolute atomic E-state index is 12.2. The number of aryl methyl sites for hydroxylation is 1. The third-order valence-electron chi connectivity index (χ3n) is 4.19. The molecule has 0 N–H and O–H groups in total. The second-order valence-corrected chi connectivity index (χ2v) is 6.06. The highest BCUT2D eigenvalue weighted by molar-refractivity contribution is 6.37. The van der Waals surface area contributed by atoms with Crippen molar-refractivity contribution in [2.45, 2.75) is 25.3 Å². The van der Waals surface area contributed by atoms with Crippen LogP contribution in [-0.4, -0.2) is 17.3 Å². The molecule has 1 fully saturated rings. The molecule has 1 amide bonds. The number of hydrogen-bond acceptors (Lipinski definition) is 1. The van der Waals surface area contributed by atoms with Crippen LogP contribution in [-0.2, 0) is 4.79 Å². The number of benzene rings is 2. The first kappa shape index (κ1) is 14.9. The normalized spacial score (nSPS) is 21.2. The van der Waals surface area contributed by atoms with E-state index in [1.807, 2.05) is 61.5 Å². The number of halogens is 1. The number of anilines is 1. The Balaban J connectivity index is 1.89. The van der Waals surface area contributed by atoms with Gasteiger partial charge in [0.15, 0.2) is 0 Å². The molecule has 112 valence electrons. The summed E-state index contributed by atoms with van der Waals surface area (Å²) in [4.78, 5) is 14.0. The van der Waals surface area contributed by atoms with E-state index in [0.717, 1.165) is 16.8 Å².